The van der Waals surface area contributed by atoms with Gasteiger partial charge in [0.25, 0.3) is 0 Å². The quantitative estimate of drug-likeness (QED) is 0.699. The number of benzene rings is 1. The minimum atomic E-state index is -0.287. The number of carbonyl (C=O) groups excluding carboxylic acids is 2. The molecule has 0 saturated heterocycles. The van der Waals surface area contributed by atoms with Crippen molar-refractivity contribution in [2.24, 2.45) is 5.92 Å². The fourth-order valence-electron chi connectivity index (χ4n) is 1.90. The number of Topliss-reactive ketones (excluding diaryl/α,β-unsaturated/α-hetero) is 1. The molecule has 0 aliphatic rings. The summed E-state index contributed by atoms with van der Waals surface area (Å²) < 4.78 is 0. The summed E-state index contributed by atoms with van der Waals surface area (Å²) in [6.45, 7) is 5.95. The Hall–Kier alpha value is -1.88. The first kappa shape index (κ1) is 16.2. The van der Waals surface area contributed by atoms with Crippen molar-refractivity contribution in [2.75, 3.05) is 18.5 Å². The molecule has 1 unspecified atom stereocenters. The molecule has 2 amide bonds. The molecule has 0 aliphatic heterocycles. The topological polar surface area (TPSA) is 78.4 Å². The van der Waals surface area contributed by atoms with Crippen molar-refractivity contribution in [1.82, 2.24) is 5.32 Å². The Morgan fingerprint density at radius 1 is 1.35 bits per heavy atom. The van der Waals surface area contributed by atoms with Gasteiger partial charge in [-0.2, -0.15) is 0 Å². The van der Waals surface area contributed by atoms with Crippen molar-refractivity contribution in [3.8, 4) is 0 Å². The third kappa shape index (κ3) is 5.01. The predicted octanol–water partition coefficient (Wildman–Crippen LogP) is 2.34. The lowest BCUT2D eigenvalue weighted by Crippen LogP contribution is -2.32. The van der Waals surface area contributed by atoms with Crippen molar-refractivity contribution in [3.05, 3.63) is 29.3 Å². The van der Waals surface area contributed by atoms with Crippen LogP contribution < -0.4 is 10.6 Å². The number of aliphatic hydroxyl groups is 1. The largest absolute Gasteiger partial charge is 0.396 e. The van der Waals surface area contributed by atoms with Gasteiger partial charge < -0.3 is 15.7 Å². The molecule has 0 fully saturated rings. The Bertz CT molecular complexity index is 486. The van der Waals surface area contributed by atoms with E-state index in [1.54, 1.807) is 18.2 Å². The maximum Gasteiger partial charge on any atom is 0.319 e. The van der Waals surface area contributed by atoms with Crippen LogP contribution >= 0.6 is 0 Å². The van der Waals surface area contributed by atoms with Gasteiger partial charge in [0, 0.05) is 24.4 Å². The molecule has 1 atom stereocenters. The Balaban J connectivity index is 2.54. The molecule has 1 aromatic carbocycles. The van der Waals surface area contributed by atoms with Crippen molar-refractivity contribution in [2.45, 2.75) is 27.2 Å². The lowest BCUT2D eigenvalue weighted by Gasteiger charge is -2.13. The molecule has 0 bridgehead atoms. The van der Waals surface area contributed by atoms with Gasteiger partial charge in [-0.3, -0.25) is 4.79 Å². The minimum absolute atomic E-state index is 0.0105. The van der Waals surface area contributed by atoms with Crippen LogP contribution in [-0.4, -0.2) is 30.1 Å². The Kier molecular flexibility index (Phi) is 6.18. The Morgan fingerprint density at radius 2 is 2.05 bits per heavy atom. The molecular weight excluding hydrogens is 256 g/mol. The van der Waals surface area contributed by atoms with Gasteiger partial charge in [-0.15, -0.1) is 0 Å². The van der Waals surface area contributed by atoms with E-state index in [0.29, 0.717) is 24.2 Å². The molecular formula is C15H22N2O3. The van der Waals surface area contributed by atoms with Gasteiger partial charge in [-0.05, 0) is 49.9 Å². The molecule has 0 radical (unpaired) electrons. The number of urea groups is 1. The molecule has 0 aliphatic carbocycles. The van der Waals surface area contributed by atoms with Gasteiger partial charge in [0.15, 0.2) is 5.78 Å². The first-order chi connectivity index (χ1) is 9.43. The van der Waals surface area contributed by atoms with Gasteiger partial charge >= 0.3 is 6.03 Å². The first-order valence-corrected chi connectivity index (χ1v) is 6.71. The summed E-state index contributed by atoms with van der Waals surface area (Å²) in [6, 6.07) is 4.90. The molecule has 20 heavy (non-hydrogen) atoms. The van der Waals surface area contributed by atoms with Crippen LogP contribution in [-0.2, 0) is 0 Å². The summed E-state index contributed by atoms with van der Waals surface area (Å²) >= 11 is 0. The van der Waals surface area contributed by atoms with Crippen molar-refractivity contribution in [1.29, 1.82) is 0 Å². The maximum absolute atomic E-state index is 11.7. The number of ketones is 1. The third-order valence-corrected chi connectivity index (χ3v) is 3.10. The van der Waals surface area contributed by atoms with Gasteiger partial charge in [-0.1, -0.05) is 6.92 Å². The second kappa shape index (κ2) is 7.65. The van der Waals surface area contributed by atoms with Crippen LogP contribution in [0.2, 0.25) is 0 Å². The summed E-state index contributed by atoms with van der Waals surface area (Å²) in [5, 5.41) is 14.2. The number of nitrogens with one attached hydrogen (secondary N) is 2. The van der Waals surface area contributed by atoms with Crippen LogP contribution in [0.15, 0.2) is 18.2 Å². The van der Waals surface area contributed by atoms with Gasteiger partial charge in [0.1, 0.15) is 0 Å². The van der Waals surface area contributed by atoms with Crippen LogP contribution in [0.4, 0.5) is 10.5 Å². The number of aryl methyl sites for hydroxylation is 1. The van der Waals surface area contributed by atoms with Crippen LogP contribution in [0.25, 0.3) is 0 Å². The second-order valence-corrected chi connectivity index (χ2v) is 5.04. The van der Waals surface area contributed by atoms with Crippen LogP contribution in [0.3, 0.4) is 0 Å². The molecule has 0 aromatic heterocycles. The van der Waals surface area contributed by atoms with Crippen LogP contribution in [0.5, 0.6) is 0 Å². The highest BCUT2D eigenvalue weighted by Gasteiger charge is 2.08. The fourth-order valence-corrected chi connectivity index (χ4v) is 1.90. The van der Waals surface area contributed by atoms with E-state index in [1.807, 2.05) is 13.8 Å². The lowest BCUT2D eigenvalue weighted by molar-refractivity contribution is 0.101. The standard InChI is InChI=1S/C15H22N2O3/c1-10(6-7-18)9-16-15(20)17-13-4-5-14(12(3)19)11(2)8-13/h4-5,8,10,18H,6-7,9H2,1-3H3,(H2,16,17,20). The third-order valence-electron chi connectivity index (χ3n) is 3.10. The number of amides is 2. The summed E-state index contributed by atoms with van der Waals surface area (Å²) in [5.74, 6) is 0.240. The first-order valence-electron chi connectivity index (χ1n) is 6.71. The van der Waals surface area contributed by atoms with Crippen LogP contribution in [0, 0.1) is 12.8 Å². The van der Waals surface area contributed by atoms with Gasteiger partial charge in [-0.25, -0.2) is 4.79 Å². The molecule has 3 N–H and O–H groups in total. The molecule has 0 spiro atoms. The zero-order chi connectivity index (χ0) is 15.1. The highest BCUT2D eigenvalue weighted by atomic mass is 16.3. The molecule has 0 heterocycles. The van der Waals surface area contributed by atoms with E-state index in [0.717, 1.165) is 5.56 Å². The second-order valence-electron chi connectivity index (χ2n) is 5.04. The number of hydrogen-bond donors (Lipinski definition) is 3. The smallest absolute Gasteiger partial charge is 0.319 e. The van der Waals surface area contributed by atoms with Gasteiger partial charge in [0.2, 0.25) is 0 Å². The molecule has 5 nitrogen and oxygen atoms in total. The molecule has 1 aromatic rings. The molecule has 0 saturated carbocycles. The monoisotopic (exact) mass is 278 g/mol. The highest BCUT2D eigenvalue weighted by Crippen LogP contribution is 2.15. The normalized spacial score (nSPS) is 11.8. The van der Waals surface area contributed by atoms with E-state index in [1.165, 1.54) is 6.92 Å². The van der Waals surface area contributed by atoms with E-state index >= 15 is 0 Å². The zero-order valence-corrected chi connectivity index (χ0v) is 12.2. The lowest BCUT2D eigenvalue weighted by atomic mass is 10.1. The average Bonchev–Trinajstić information content (AvgIpc) is 2.36. The average molecular weight is 278 g/mol. The predicted molar refractivity (Wildman–Crippen MR) is 79.1 cm³/mol. The number of anilines is 1. The summed E-state index contributed by atoms with van der Waals surface area (Å²) in [4.78, 5) is 23.0. The molecule has 1 rings (SSSR count). The number of hydrogen-bond acceptors (Lipinski definition) is 3. The van der Waals surface area contributed by atoms with Gasteiger partial charge in [0.05, 0.1) is 0 Å². The molecule has 110 valence electrons. The van der Waals surface area contributed by atoms with Crippen LogP contribution in [0.1, 0.15) is 36.2 Å². The zero-order valence-electron chi connectivity index (χ0n) is 12.2. The maximum atomic E-state index is 11.7. The fraction of sp³-hybridized carbons (Fsp3) is 0.467. The Morgan fingerprint density at radius 3 is 2.60 bits per heavy atom. The van der Waals surface area contributed by atoms with E-state index in [4.69, 9.17) is 5.11 Å². The SMILES string of the molecule is CC(=O)c1ccc(NC(=O)NCC(C)CCO)cc1C. The number of rotatable bonds is 6. The summed E-state index contributed by atoms with van der Waals surface area (Å²) in [6.07, 6.45) is 0.659. The van der Waals surface area contributed by atoms with E-state index in [2.05, 4.69) is 10.6 Å². The van der Waals surface area contributed by atoms with Crippen molar-refractivity contribution < 1.29 is 14.7 Å². The van der Waals surface area contributed by atoms with Crippen molar-refractivity contribution >= 4 is 17.5 Å². The minimum Gasteiger partial charge on any atom is -0.396 e. The van der Waals surface area contributed by atoms with E-state index < -0.39 is 0 Å². The highest BCUT2D eigenvalue weighted by molar-refractivity contribution is 5.96. The molecule has 5 heteroatoms. The Labute approximate surface area is 119 Å². The summed E-state index contributed by atoms with van der Waals surface area (Å²) in [5.41, 5.74) is 2.15. The number of carbonyl (C=O) groups is 2. The summed E-state index contributed by atoms with van der Waals surface area (Å²) in [7, 11) is 0. The van der Waals surface area contributed by atoms with E-state index in [-0.39, 0.29) is 24.3 Å². The number of aliphatic hydroxyl groups excluding tert-OH is 1. The van der Waals surface area contributed by atoms with Crippen molar-refractivity contribution in [3.63, 3.8) is 0 Å². The van der Waals surface area contributed by atoms with E-state index in [9.17, 15) is 9.59 Å².